The number of rotatable bonds is 1. The van der Waals surface area contributed by atoms with Gasteiger partial charge < -0.3 is 5.32 Å². The summed E-state index contributed by atoms with van der Waals surface area (Å²) in [7, 11) is 0. The van der Waals surface area contributed by atoms with Gasteiger partial charge in [-0.15, -0.1) is 0 Å². The molecular formula is C8H8N2O. The van der Waals surface area contributed by atoms with Crippen LogP contribution in [0, 0.1) is 0 Å². The van der Waals surface area contributed by atoms with Crippen LogP contribution < -0.4 is 5.32 Å². The predicted molar refractivity (Wildman–Crippen MR) is 40.2 cm³/mol. The van der Waals surface area contributed by atoms with Crippen molar-refractivity contribution in [1.82, 2.24) is 10.3 Å². The smallest absolute Gasteiger partial charge is 0.168 e. The molecule has 0 fully saturated rings. The number of hydrogen-bond donors (Lipinski definition) is 1. The number of aldehydes is 1. The largest absolute Gasteiger partial charge is 0.309 e. The molecule has 1 aromatic rings. The molecule has 0 amide bonds. The summed E-state index contributed by atoms with van der Waals surface area (Å²) in [6, 6.07) is 1.95. The van der Waals surface area contributed by atoms with Crippen molar-refractivity contribution in [3.05, 3.63) is 29.1 Å². The van der Waals surface area contributed by atoms with Crippen molar-refractivity contribution in [2.24, 2.45) is 0 Å². The number of fused-ring (bicyclic) bond motifs is 1. The molecule has 1 N–H and O–H groups in total. The molecule has 2 heterocycles. The number of aromatic nitrogens is 1. The van der Waals surface area contributed by atoms with Gasteiger partial charge in [0, 0.05) is 19.3 Å². The topological polar surface area (TPSA) is 42.0 Å². The predicted octanol–water partition coefficient (Wildman–Crippen LogP) is 0.497. The summed E-state index contributed by atoms with van der Waals surface area (Å²) in [5.41, 5.74) is 2.83. The Morgan fingerprint density at radius 1 is 1.55 bits per heavy atom. The molecule has 2 rings (SSSR count). The summed E-state index contributed by atoms with van der Waals surface area (Å²) >= 11 is 0. The van der Waals surface area contributed by atoms with E-state index in [9.17, 15) is 4.79 Å². The van der Waals surface area contributed by atoms with Gasteiger partial charge in [0.25, 0.3) is 0 Å². The third-order valence-corrected chi connectivity index (χ3v) is 1.92. The van der Waals surface area contributed by atoms with Gasteiger partial charge in [0.1, 0.15) is 5.69 Å². The second-order valence-electron chi connectivity index (χ2n) is 2.56. The molecule has 0 aliphatic carbocycles. The first-order chi connectivity index (χ1) is 5.42. The summed E-state index contributed by atoms with van der Waals surface area (Å²) in [4.78, 5) is 14.4. The van der Waals surface area contributed by atoms with E-state index in [-0.39, 0.29) is 0 Å². The zero-order valence-corrected chi connectivity index (χ0v) is 6.00. The molecule has 0 saturated carbocycles. The van der Waals surface area contributed by atoms with Crippen LogP contribution in [-0.2, 0) is 13.1 Å². The van der Waals surface area contributed by atoms with Gasteiger partial charge in [-0.3, -0.25) is 9.78 Å². The molecule has 11 heavy (non-hydrogen) atoms. The van der Waals surface area contributed by atoms with Crippen LogP contribution in [0.4, 0.5) is 0 Å². The van der Waals surface area contributed by atoms with Crippen LogP contribution in [0.2, 0.25) is 0 Å². The Labute approximate surface area is 64.5 Å². The van der Waals surface area contributed by atoms with E-state index in [1.54, 1.807) is 6.20 Å². The van der Waals surface area contributed by atoms with Crippen LogP contribution in [0.5, 0.6) is 0 Å². The molecule has 0 saturated heterocycles. The van der Waals surface area contributed by atoms with Crippen molar-refractivity contribution >= 4 is 6.29 Å². The maximum atomic E-state index is 10.5. The van der Waals surface area contributed by atoms with Crippen molar-refractivity contribution in [1.29, 1.82) is 0 Å². The first kappa shape index (κ1) is 6.49. The Bertz CT molecular complexity index is 296. The van der Waals surface area contributed by atoms with Crippen LogP contribution in [0.3, 0.4) is 0 Å². The molecule has 3 nitrogen and oxygen atoms in total. The first-order valence-electron chi connectivity index (χ1n) is 3.54. The van der Waals surface area contributed by atoms with Gasteiger partial charge in [0.05, 0.1) is 0 Å². The highest BCUT2D eigenvalue weighted by atomic mass is 16.1. The number of carbonyl (C=O) groups excluding carboxylic acids is 1. The minimum Gasteiger partial charge on any atom is -0.309 e. The lowest BCUT2D eigenvalue weighted by Crippen LogP contribution is -2.01. The van der Waals surface area contributed by atoms with Crippen LogP contribution >= 0.6 is 0 Å². The minimum absolute atomic E-state index is 0.576. The second-order valence-corrected chi connectivity index (χ2v) is 2.56. The molecule has 0 bridgehead atoms. The fourth-order valence-corrected chi connectivity index (χ4v) is 1.34. The van der Waals surface area contributed by atoms with E-state index in [2.05, 4.69) is 10.3 Å². The van der Waals surface area contributed by atoms with E-state index < -0.39 is 0 Å². The molecule has 0 spiro atoms. The number of pyridine rings is 1. The molecular weight excluding hydrogens is 140 g/mol. The summed E-state index contributed by atoms with van der Waals surface area (Å²) in [5, 5.41) is 3.16. The number of nitrogens with one attached hydrogen (secondary N) is 1. The highest BCUT2D eigenvalue weighted by Crippen LogP contribution is 2.15. The Hall–Kier alpha value is -1.22. The van der Waals surface area contributed by atoms with Crippen LogP contribution in [0.15, 0.2) is 12.3 Å². The molecule has 3 heteroatoms. The van der Waals surface area contributed by atoms with E-state index in [1.807, 2.05) is 6.07 Å². The highest BCUT2D eigenvalue weighted by molar-refractivity contribution is 5.75. The van der Waals surface area contributed by atoms with Crippen LogP contribution in [0.25, 0.3) is 0 Å². The van der Waals surface area contributed by atoms with Crippen molar-refractivity contribution in [2.45, 2.75) is 13.1 Å². The van der Waals surface area contributed by atoms with E-state index in [4.69, 9.17) is 0 Å². The molecule has 1 aliphatic rings. The van der Waals surface area contributed by atoms with Crippen molar-refractivity contribution in [3.63, 3.8) is 0 Å². The highest BCUT2D eigenvalue weighted by Gasteiger charge is 2.13. The quantitative estimate of drug-likeness (QED) is 0.589. The maximum Gasteiger partial charge on any atom is 0.168 e. The lowest BCUT2D eigenvalue weighted by atomic mass is 10.1. The normalized spacial score (nSPS) is 14.5. The third kappa shape index (κ3) is 0.935. The zero-order chi connectivity index (χ0) is 7.68. The van der Waals surface area contributed by atoms with E-state index >= 15 is 0 Å². The monoisotopic (exact) mass is 148 g/mol. The van der Waals surface area contributed by atoms with Gasteiger partial charge >= 0.3 is 0 Å². The molecule has 0 radical (unpaired) electrons. The third-order valence-electron chi connectivity index (χ3n) is 1.92. The molecule has 0 atom stereocenters. The van der Waals surface area contributed by atoms with Crippen LogP contribution in [-0.4, -0.2) is 11.3 Å². The molecule has 0 aromatic carbocycles. The maximum absolute atomic E-state index is 10.5. The Morgan fingerprint density at radius 3 is 3.27 bits per heavy atom. The summed E-state index contributed by atoms with van der Waals surface area (Å²) in [5.74, 6) is 0. The summed E-state index contributed by atoms with van der Waals surface area (Å²) < 4.78 is 0. The second kappa shape index (κ2) is 2.43. The summed E-state index contributed by atoms with van der Waals surface area (Å²) in [6.07, 6.45) is 2.49. The first-order valence-corrected chi connectivity index (χ1v) is 3.54. The lowest BCUT2D eigenvalue weighted by Gasteiger charge is -1.97. The SMILES string of the molecule is O=Cc1nccc2c1CNC2. The fourth-order valence-electron chi connectivity index (χ4n) is 1.34. The number of nitrogens with zero attached hydrogens (tertiary/aromatic N) is 1. The Kier molecular flexibility index (Phi) is 1.43. The van der Waals surface area contributed by atoms with E-state index in [0.717, 1.165) is 24.9 Å². The van der Waals surface area contributed by atoms with Gasteiger partial charge in [-0.25, -0.2) is 0 Å². The minimum atomic E-state index is 0.576. The van der Waals surface area contributed by atoms with Gasteiger partial charge in [0.2, 0.25) is 0 Å². The van der Waals surface area contributed by atoms with Gasteiger partial charge in [-0.2, -0.15) is 0 Å². The van der Waals surface area contributed by atoms with E-state index in [1.165, 1.54) is 5.56 Å². The van der Waals surface area contributed by atoms with E-state index in [0.29, 0.717) is 5.69 Å². The number of carbonyl (C=O) groups is 1. The Morgan fingerprint density at radius 2 is 2.45 bits per heavy atom. The molecule has 1 aromatic heterocycles. The summed E-state index contributed by atoms with van der Waals surface area (Å²) in [6.45, 7) is 1.63. The molecule has 56 valence electrons. The zero-order valence-electron chi connectivity index (χ0n) is 6.00. The standard InChI is InChI=1S/C8H8N2O/c11-5-8-7-4-9-3-6(7)1-2-10-8/h1-2,5,9H,3-4H2. The fraction of sp³-hybridized carbons (Fsp3) is 0.250. The average molecular weight is 148 g/mol. The van der Waals surface area contributed by atoms with Crippen molar-refractivity contribution in [3.8, 4) is 0 Å². The van der Waals surface area contributed by atoms with Gasteiger partial charge in [-0.05, 0) is 17.2 Å². The van der Waals surface area contributed by atoms with Gasteiger partial charge in [-0.1, -0.05) is 0 Å². The lowest BCUT2D eigenvalue weighted by molar-refractivity contribution is 0.111. The molecule has 0 unspecified atom stereocenters. The van der Waals surface area contributed by atoms with Crippen molar-refractivity contribution in [2.75, 3.05) is 0 Å². The Balaban J connectivity index is 2.58. The number of hydrogen-bond acceptors (Lipinski definition) is 3. The van der Waals surface area contributed by atoms with Crippen molar-refractivity contribution < 1.29 is 4.79 Å². The van der Waals surface area contributed by atoms with Crippen LogP contribution in [0.1, 0.15) is 21.6 Å². The average Bonchev–Trinajstić information content (AvgIpc) is 2.50. The van der Waals surface area contributed by atoms with Gasteiger partial charge in [0.15, 0.2) is 6.29 Å². The molecule has 1 aliphatic heterocycles.